The molecule has 134 valence electrons. The number of hydrazine groups is 1. The van der Waals surface area contributed by atoms with Crippen LogP contribution in [0.5, 0.6) is 0 Å². The molecule has 1 aromatic rings. The normalized spacial score (nSPS) is 27.3. The Balaban J connectivity index is 1.60. The molecular weight excluding hydrogens is 320 g/mol. The first-order valence-electron chi connectivity index (χ1n) is 8.81. The molecular formula is C19H24N2O4. The lowest BCUT2D eigenvalue weighted by molar-refractivity contribution is -0.149. The van der Waals surface area contributed by atoms with Crippen LogP contribution in [0.3, 0.4) is 0 Å². The van der Waals surface area contributed by atoms with Crippen LogP contribution < -0.4 is 10.9 Å². The van der Waals surface area contributed by atoms with E-state index < -0.39 is 29.6 Å². The molecule has 2 bridgehead atoms. The lowest BCUT2D eigenvalue weighted by atomic mass is 9.79. The van der Waals surface area contributed by atoms with Crippen molar-refractivity contribution < 1.29 is 19.5 Å². The van der Waals surface area contributed by atoms with Gasteiger partial charge in [0.15, 0.2) is 0 Å². The molecule has 6 heteroatoms. The number of rotatable bonds is 4. The Kier molecular flexibility index (Phi) is 4.79. The van der Waals surface area contributed by atoms with E-state index in [0.717, 1.165) is 24.8 Å². The largest absolute Gasteiger partial charge is 0.481 e. The molecule has 3 N–H and O–H groups in total. The zero-order valence-corrected chi connectivity index (χ0v) is 14.5. The zero-order valence-electron chi connectivity index (χ0n) is 14.5. The second-order valence-electron chi connectivity index (χ2n) is 7.44. The van der Waals surface area contributed by atoms with E-state index in [2.05, 4.69) is 24.7 Å². The van der Waals surface area contributed by atoms with Gasteiger partial charge in [0.25, 0.3) is 5.91 Å². The number of carboxylic acid groups (broad SMARTS) is 1. The topological polar surface area (TPSA) is 95.5 Å². The Morgan fingerprint density at radius 3 is 2.16 bits per heavy atom. The van der Waals surface area contributed by atoms with Gasteiger partial charge >= 0.3 is 5.97 Å². The highest BCUT2D eigenvalue weighted by Crippen LogP contribution is 2.52. The SMILES string of the molecule is CC(C)c1ccc(C(=O)NNC(=O)[C@H]2[C@H]3CC[C@@H](C3)[C@H]2C(=O)O)cc1. The maximum Gasteiger partial charge on any atom is 0.307 e. The molecule has 2 amide bonds. The molecule has 2 fully saturated rings. The molecule has 0 radical (unpaired) electrons. The van der Waals surface area contributed by atoms with Crippen molar-refractivity contribution in [2.45, 2.75) is 39.0 Å². The summed E-state index contributed by atoms with van der Waals surface area (Å²) in [7, 11) is 0. The van der Waals surface area contributed by atoms with Crippen LogP contribution in [0.25, 0.3) is 0 Å². The average molecular weight is 344 g/mol. The summed E-state index contributed by atoms with van der Waals surface area (Å²) in [6, 6.07) is 7.21. The van der Waals surface area contributed by atoms with E-state index in [0.29, 0.717) is 11.5 Å². The van der Waals surface area contributed by atoms with Crippen molar-refractivity contribution in [3.63, 3.8) is 0 Å². The number of amides is 2. The minimum absolute atomic E-state index is 0.0810. The Hall–Kier alpha value is -2.37. The van der Waals surface area contributed by atoms with Gasteiger partial charge < -0.3 is 5.11 Å². The van der Waals surface area contributed by atoms with Gasteiger partial charge in [0, 0.05) is 5.56 Å². The molecule has 2 saturated carbocycles. The molecule has 2 aliphatic carbocycles. The summed E-state index contributed by atoms with van der Waals surface area (Å²) in [4.78, 5) is 36.1. The molecule has 0 heterocycles. The van der Waals surface area contributed by atoms with Gasteiger partial charge in [-0.3, -0.25) is 25.2 Å². The van der Waals surface area contributed by atoms with E-state index in [9.17, 15) is 19.5 Å². The number of hydrogen-bond acceptors (Lipinski definition) is 3. The van der Waals surface area contributed by atoms with Crippen LogP contribution in [0.1, 0.15) is 54.9 Å². The second-order valence-corrected chi connectivity index (χ2v) is 7.44. The molecule has 0 aromatic heterocycles. The summed E-state index contributed by atoms with van der Waals surface area (Å²) in [5, 5.41) is 9.41. The number of nitrogens with one attached hydrogen (secondary N) is 2. The summed E-state index contributed by atoms with van der Waals surface area (Å²) in [6.07, 6.45) is 2.55. The summed E-state index contributed by atoms with van der Waals surface area (Å²) in [5.74, 6) is -2.34. The highest BCUT2D eigenvalue weighted by molar-refractivity contribution is 5.96. The zero-order chi connectivity index (χ0) is 18.1. The molecule has 2 aliphatic rings. The monoisotopic (exact) mass is 344 g/mol. The first kappa shape index (κ1) is 17.5. The molecule has 0 saturated heterocycles. The van der Waals surface area contributed by atoms with Gasteiger partial charge in [0.1, 0.15) is 0 Å². The van der Waals surface area contributed by atoms with E-state index in [1.165, 1.54) is 0 Å². The summed E-state index contributed by atoms with van der Waals surface area (Å²) >= 11 is 0. The number of hydrogen-bond donors (Lipinski definition) is 3. The minimum atomic E-state index is -0.914. The predicted octanol–water partition coefficient (Wildman–Crippen LogP) is 2.32. The number of carbonyl (C=O) groups is 3. The quantitative estimate of drug-likeness (QED) is 0.731. The Bertz CT molecular complexity index is 683. The van der Waals surface area contributed by atoms with Gasteiger partial charge in [-0.15, -0.1) is 0 Å². The molecule has 1 aromatic carbocycles. The number of fused-ring (bicyclic) bond motifs is 2. The second kappa shape index (κ2) is 6.86. The van der Waals surface area contributed by atoms with Crippen molar-refractivity contribution in [2.75, 3.05) is 0 Å². The van der Waals surface area contributed by atoms with E-state index in [1.54, 1.807) is 12.1 Å². The number of carboxylic acids is 1. The maximum atomic E-state index is 12.4. The molecule has 3 rings (SSSR count). The third kappa shape index (κ3) is 3.38. The average Bonchev–Trinajstić information content (AvgIpc) is 3.20. The third-order valence-electron chi connectivity index (χ3n) is 5.64. The highest BCUT2D eigenvalue weighted by atomic mass is 16.4. The van der Waals surface area contributed by atoms with Crippen LogP contribution in [-0.2, 0) is 9.59 Å². The number of aliphatic carboxylic acids is 1. The fourth-order valence-electron chi connectivity index (χ4n) is 4.32. The summed E-state index contributed by atoms with van der Waals surface area (Å²) in [5.41, 5.74) is 6.42. The Morgan fingerprint density at radius 1 is 1.00 bits per heavy atom. The van der Waals surface area contributed by atoms with Gasteiger partial charge in [0.2, 0.25) is 5.91 Å². The van der Waals surface area contributed by atoms with Crippen LogP contribution in [0, 0.1) is 23.7 Å². The van der Waals surface area contributed by atoms with Crippen molar-refractivity contribution in [1.29, 1.82) is 0 Å². The smallest absolute Gasteiger partial charge is 0.307 e. The van der Waals surface area contributed by atoms with Gasteiger partial charge in [-0.1, -0.05) is 26.0 Å². The van der Waals surface area contributed by atoms with E-state index in [-0.39, 0.29) is 11.8 Å². The lowest BCUT2D eigenvalue weighted by Gasteiger charge is -2.27. The molecule has 0 aliphatic heterocycles. The van der Waals surface area contributed by atoms with Gasteiger partial charge in [0.05, 0.1) is 11.8 Å². The van der Waals surface area contributed by atoms with Crippen LogP contribution in [0.2, 0.25) is 0 Å². The molecule has 25 heavy (non-hydrogen) atoms. The van der Waals surface area contributed by atoms with Crippen molar-refractivity contribution in [2.24, 2.45) is 23.7 Å². The van der Waals surface area contributed by atoms with E-state index in [4.69, 9.17) is 0 Å². The fraction of sp³-hybridized carbons (Fsp3) is 0.526. The standard InChI is InChI=1S/C19H24N2O4/c1-10(2)11-3-5-12(6-4-11)17(22)20-21-18(23)15-13-7-8-14(9-13)16(15)19(24)25/h3-6,10,13-16H,7-9H2,1-2H3,(H,20,22)(H,21,23)(H,24,25)/t13-,14-,15-,16+/m0/s1. The van der Waals surface area contributed by atoms with Gasteiger partial charge in [-0.25, -0.2) is 0 Å². The third-order valence-corrected chi connectivity index (χ3v) is 5.64. The Morgan fingerprint density at radius 2 is 1.60 bits per heavy atom. The van der Waals surface area contributed by atoms with Crippen LogP contribution in [0.15, 0.2) is 24.3 Å². The van der Waals surface area contributed by atoms with Crippen LogP contribution in [0.4, 0.5) is 0 Å². The summed E-state index contributed by atoms with van der Waals surface area (Å²) in [6.45, 7) is 4.15. The first-order chi connectivity index (χ1) is 11.9. The maximum absolute atomic E-state index is 12.4. The molecule has 0 spiro atoms. The lowest BCUT2D eigenvalue weighted by Crippen LogP contribution is -2.48. The van der Waals surface area contributed by atoms with Crippen molar-refractivity contribution in [3.8, 4) is 0 Å². The predicted molar refractivity (Wildman–Crippen MR) is 91.6 cm³/mol. The van der Waals surface area contributed by atoms with Crippen LogP contribution in [-0.4, -0.2) is 22.9 Å². The molecule has 6 nitrogen and oxygen atoms in total. The fourth-order valence-corrected chi connectivity index (χ4v) is 4.32. The van der Waals surface area contributed by atoms with Gasteiger partial charge in [-0.05, 0) is 54.7 Å². The van der Waals surface area contributed by atoms with E-state index in [1.807, 2.05) is 12.1 Å². The molecule has 0 unspecified atom stereocenters. The minimum Gasteiger partial charge on any atom is -0.481 e. The molecule has 4 atom stereocenters. The van der Waals surface area contributed by atoms with E-state index >= 15 is 0 Å². The number of carbonyl (C=O) groups excluding carboxylic acids is 2. The van der Waals surface area contributed by atoms with Crippen molar-refractivity contribution >= 4 is 17.8 Å². The Labute approximate surface area is 147 Å². The van der Waals surface area contributed by atoms with Gasteiger partial charge in [-0.2, -0.15) is 0 Å². The van der Waals surface area contributed by atoms with Crippen LogP contribution >= 0.6 is 0 Å². The van der Waals surface area contributed by atoms with Crippen molar-refractivity contribution in [3.05, 3.63) is 35.4 Å². The number of benzene rings is 1. The van der Waals surface area contributed by atoms with Crippen molar-refractivity contribution in [1.82, 2.24) is 10.9 Å². The summed E-state index contributed by atoms with van der Waals surface area (Å²) < 4.78 is 0. The first-order valence-corrected chi connectivity index (χ1v) is 8.81. The highest BCUT2D eigenvalue weighted by Gasteiger charge is 2.54.